The number of pyridine rings is 1. The van der Waals surface area contributed by atoms with Crippen molar-refractivity contribution in [1.29, 1.82) is 0 Å². The van der Waals surface area contributed by atoms with Gasteiger partial charge >= 0.3 is 0 Å². The average Bonchev–Trinajstić information content (AvgIpc) is 2.85. The van der Waals surface area contributed by atoms with E-state index in [0.29, 0.717) is 34.3 Å². The van der Waals surface area contributed by atoms with Crippen LogP contribution in [-0.4, -0.2) is 59.3 Å². The first-order valence-electron chi connectivity index (χ1n) is 11.8. The van der Waals surface area contributed by atoms with E-state index in [1.165, 1.54) is 12.1 Å². The lowest BCUT2D eigenvalue weighted by molar-refractivity contribution is 0.0376. The van der Waals surface area contributed by atoms with Gasteiger partial charge in [0.15, 0.2) is 5.11 Å². The summed E-state index contributed by atoms with van der Waals surface area (Å²) >= 11 is 11.9. The lowest BCUT2D eigenvalue weighted by Gasteiger charge is -2.28. The SMILES string of the molecule is Cc1cc2cc(CN(Cc3ccc(F)cc3)C(=S)NCCCN3CCOCC3)c(=O)[nH]c2cc1Cl. The minimum atomic E-state index is -0.288. The van der Waals surface area contributed by atoms with Gasteiger partial charge in [-0.1, -0.05) is 23.7 Å². The average molecular weight is 517 g/mol. The van der Waals surface area contributed by atoms with E-state index in [1.54, 1.807) is 18.2 Å². The molecule has 1 aliphatic heterocycles. The van der Waals surface area contributed by atoms with E-state index in [1.807, 2.05) is 24.0 Å². The fraction of sp³-hybridized carbons (Fsp3) is 0.385. The van der Waals surface area contributed by atoms with E-state index in [0.717, 1.165) is 62.3 Å². The third kappa shape index (κ3) is 7.01. The Labute approximate surface area is 215 Å². The van der Waals surface area contributed by atoms with Crippen LogP contribution in [0.4, 0.5) is 4.39 Å². The zero-order valence-corrected chi connectivity index (χ0v) is 21.4. The van der Waals surface area contributed by atoms with Gasteiger partial charge in [-0.3, -0.25) is 9.69 Å². The van der Waals surface area contributed by atoms with Gasteiger partial charge in [-0.2, -0.15) is 0 Å². The van der Waals surface area contributed by atoms with Crippen molar-refractivity contribution in [2.45, 2.75) is 26.4 Å². The van der Waals surface area contributed by atoms with Gasteiger partial charge in [-0.15, -0.1) is 0 Å². The highest BCUT2D eigenvalue weighted by Crippen LogP contribution is 2.22. The Morgan fingerprint density at radius 2 is 1.94 bits per heavy atom. The molecule has 0 unspecified atom stereocenters. The van der Waals surface area contributed by atoms with Crippen LogP contribution in [-0.2, 0) is 17.8 Å². The van der Waals surface area contributed by atoms with Crippen molar-refractivity contribution in [2.75, 3.05) is 39.4 Å². The van der Waals surface area contributed by atoms with Crippen molar-refractivity contribution in [2.24, 2.45) is 0 Å². The molecule has 9 heteroatoms. The Balaban J connectivity index is 1.48. The molecule has 186 valence electrons. The van der Waals surface area contributed by atoms with Gasteiger partial charge in [-0.05, 0) is 79.0 Å². The second-order valence-corrected chi connectivity index (χ2v) is 9.63. The van der Waals surface area contributed by atoms with Crippen LogP contribution in [0.15, 0.2) is 47.3 Å². The molecule has 3 aromatic rings. The molecular weight excluding hydrogens is 487 g/mol. The quantitative estimate of drug-likeness (QED) is 0.345. The molecule has 6 nitrogen and oxygen atoms in total. The Morgan fingerprint density at radius 3 is 2.69 bits per heavy atom. The first-order chi connectivity index (χ1) is 16.9. The summed E-state index contributed by atoms with van der Waals surface area (Å²) < 4.78 is 18.8. The molecule has 0 saturated carbocycles. The van der Waals surface area contributed by atoms with Gasteiger partial charge in [-0.25, -0.2) is 4.39 Å². The second kappa shape index (κ2) is 11.9. The molecular formula is C26H30ClFN4O2S. The van der Waals surface area contributed by atoms with Gasteiger partial charge in [0.25, 0.3) is 5.56 Å². The van der Waals surface area contributed by atoms with Crippen molar-refractivity contribution in [1.82, 2.24) is 20.1 Å². The van der Waals surface area contributed by atoms with Gasteiger partial charge in [0.1, 0.15) is 5.82 Å². The maximum Gasteiger partial charge on any atom is 0.253 e. The number of aryl methyl sites for hydroxylation is 1. The van der Waals surface area contributed by atoms with Gasteiger partial charge < -0.3 is 19.9 Å². The lowest BCUT2D eigenvalue weighted by atomic mass is 10.1. The standard InChI is InChI=1S/C26H30ClFN4O2S/c1-18-13-20-14-21(25(33)30-24(20)15-23(18)27)17-32(16-19-3-5-22(28)6-4-19)26(35)29-7-2-8-31-9-11-34-12-10-31/h3-6,13-15H,2,7-12,16-17H2,1H3,(H,29,35)(H,30,33). The van der Waals surface area contributed by atoms with Crippen molar-refractivity contribution in [3.05, 3.63) is 80.3 Å². The maximum absolute atomic E-state index is 13.4. The van der Waals surface area contributed by atoms with E-state index >= 15 is 0 Å². The summed E-state index contributed by atoms with van der Waals surface area (Å²) in [6, 6.07) is 12.0. The fourth-order valence-corrected chi connectivity index (χ4v) is 4.55. The highest BCUT2D eigenvalue weighted by atomic mass is 35.5. The summed E-state index contributed by atoms with van der Waals surface area (Å²) in [5, 5.41) is 5.42. The highest BCUT2D eigenvalue weighted by Gasteiger charge is 2.15. The number of H-pyrrole nitrogens is 1. The molecule has 0 aliphatic carbocycles. The number of aromatic amines is 1. The number of hydrogen-bond acceptors (Lipinski definition) is 4. The predicted octanol–water partition coefficient (Wildman–Crippen LogP) is 4.23. The third-order valence-electron chi connectivity index (χ3n) is 6.17. The molecule has 4 rings (SSSR count). The van der Waals surface area contributed by atoms with Crippen LogP contribution in [0.3, 0.4) is 0 Å². The summed E-state index contributed by atoms with van der Waals surface area (Å²) in [6.07, 6.45) is 0.946. The molecule has 0 amide bonds. The number of ether oxygens (including phenoxy) is 1. The van der Waals surface area contributed by atoms with Gasteiger partial charge in [0.05, 0.1) is 19.8 Å². The van der Waals surface area contributed by atoms with Crippen molar-refractivity contribution in [3.63, 3.8) is 0 Å². The van der Waals surface area contributed by atoms with Crippen LogP contribution in [0.25, 0.3) is 10.9 Å². The van der Waals surface area contributed by atoms with Crippen LogP contribution in [0.1, 0.15) is 23.1 Å². The first-order valence-corrected chi connectivity index (χ1v) is 12.6. The molecule has 2 aromatic carbocycles. The van der Waals surface area contributed by atoms with Crippen molar-refractivity contribution in [3.8, 4) is 0 Å². The topological polar surface area (TPSA) is 60.6 Å². The first kappa shape index (κ1) is 25.6. The van der Waals surface area contributed by atoms with Crippen LogP contribution >= 0.6 is 23.8 Å². The van der Waals surface area contributed by atoms with Crippen LogP contribution in [0, 0.1) is 12.7 Å². The Kier molecular flexibility index (Phi) is 8.73. The predicted molar refractivity (Wildman–Crippen MR) is 142 cm³/mol. The van der Waals surface area contributed by atoms with Gasteiger partial charge in [0, 0.05) is 42.3 Å². The normalized spacial score (nSPS) is 14.3. The molecule has 2 heterocycles. The van der Waals surface area contributed by atoms with E-state index in [9.17, 15) is 9.18 Å². The third-order valence-corrected chi connectivity index (χ3v) is 6.98. The number of morpholine rings is 1. The molecule has 35 heavy (non-hydrogen) atoms. The Bertz CT molecular complexity index is 1230. The molecule has 1 aromatic heterocycles. The number of rotatable bonds is 8. The summed E-state index contributed by atoms with van der Waals surface area (Å²) in [5.41, 5.74) is 2.96. The minimum Gasteiger partial charge on any atom is -0.379 e. The van der Waals surface area contributed by atoms with E-state index in [-0.39, 0.29) is 11.4 Å². The molecule has 1 fully saturated rings. The zero-order chi connectivity index (χ0) is 24.8. The summed E-state index contributed by atoms with van der Waals surface area (Å²) in [6.45, 7) is 7.88. The van der Waals surface area contributed by atoms with Crippen LogP contribution in [0.2, 0.25) is 5.02 Å². The van der Waals surface area contributed by atoms with Crippen LogP contribution < -0.4 is 10.9 Å². The van der Waals surface area contributed by atoms with Gasteiger partial charge in [0.2, 0.25) is 0 Å². The number of nitrogens with zero attached hydrogens (tertiary/aromatic N) is 2. The summed E-state index contributed by atoms with van der Waals surface area (Å²) in [7, 11) is 0. The molecule has 0 radical (unpaired) electrons. The Hall–Kier alpha value is -2.52. The van der Waals surface area contributed by atoms with Crippen molar-refractivity contribution >= 4 is 39.8 Å². The second-order valence-electron chi connectivity index (χ2n) is 8.83. The zero-order valence-electron chi connectivity index (χ0n) is 19.8. The number of benzene rings is 2. The van der Waals surface area contributed by atoms with E-state index in [2.05, 4.69) is 15.2 Å². The van der Waals surface area contributed by atoms with E-state index < -0.39 is 0 Å². The molecule has 2 N–H and O–H groups in total. The summed E-state index contributed by atoms with van der Waals surface area (Å²) in [4.78, 5) is 20.1. The smallest absolute Gasteiger partial charge is 0.253 e. The van der Waals surface area contributed by atoms with E-state index in [4.69, 9.17) is 28.6 Å². The molecule has 0 spiro atoms. The monoisotopic (exact) mass is 516 g/mol. The van der Waals surface area contributed by atoms with Crippen molar-refractivity contribution < 1.29 is 9.13 Å². The molecule has 1 saturated heterocycles. The number of hydrogen-bond donors (Lipinski definition) is 2. The lowest BCUT2D eigenvalue weighted by Crippen LogP contribution is -2.42. The Morgan fingerprint density at radius 1 is 1.20 bits per heavy atom. The minimum absolute atomic E-state index is 0.184. The molecule has 0 bridgehead atoms. The largest absolute Gasteiger partial charge is 0.379 e. The van der Waals surface area contributed by atoms with Crippen LogP contribution in [0.5, 0.6) is 0 Å². The number of fused-ring (bicyclic) bond motifs is 1. The molecule has 0 atom stereocenters. The number of thiocarbonyl (C=S) groups is 1. The highest BCUT2D eigenvalue weighted by molar-refractivity contribution is 7.80. The number of nitrogens with one attached hydrogen (secondary N) is 2. The summed E-state index contributed by atoms with van der Waals surface area (Å²) in [5.74, 6) is -0.288. The fourth-order valence-electron chi connectivity index (χ4n) is 4.15. The maximum atomic E-state index is 13.4. The number of aromatic nitrogens is 1. The number of halogens is 2. The molecule has 1 aliphatic rings.